The van der Waals surface area contributed by atoms with Crippen LogP contribution >= 0.6 is 0 Å². The molecule has 0 amide bonds. The molecule has 0 bridgehead atoms. The highest BCUT2D eigenvalue weighted by molar-refractivity contribution is 5.82. The normalized spacial score (nSPS) is 22.1. The number of carboxylic acid groups (broad SMARTS) is 1. The average molecular weight is 298 g/mol. The molecule has 0 aliphatic heterocycles. The van der Waals surface area contributed by atoms with Crippen LogP contribution in [0.3, 0.4) is 0 Å². The van der Waals surface area contributed by atoms with E-state index in [1.54, 1.807) is 12.2 Å². The Hall–Kier alpha value is -2.15. The Morgan fingerprint density at radius 1 is 1.29 bits per heavy atom. The molecule has 1 rings (SSSR count). The molecule has 0 fully saturated rings. The molecule has 21 heavy (non-hydrogen) atoms. The molecular weight excluding hydrogens is 280 g/mol. The van der Waals surface area contributed by atoms with Crippen LogP contribution in [0.1, 0.15) is 12.8 Å². The van der Waals surface area contributed by atoms with Crippen LogP contribution in [0.15, 0.2) is 24.8 Å². The average Bonchev–Trinajstić information content (AvgIpc) is 2.50. The van der Waals surface area contributed by atoms with E-state index >= 15 is 0 Å². The van der Waals surface area contributed by atoms with Gasteiger partial charge in [-0.15, -0.1) is 0 Å². The van der Waals surface area contributed by atoms with E-state index < -0.39 is 42.5 Å². The molecule has 1 aliphatic rings. The van der Waals surface area contributed by atoms with Crippen molar-refractivity contribution in [1.82, 2.24) is 0 Å². The summed E-state index contributed by atoms with van der Waals surface area (Å²) in [5.41, 5.74) is 0. The molecule has 7 heteroatoms. The van der Waals surface area contributed by atoms with Crippen LogP contribution in [0.2, 0.25) is 0 Å². The number of allylic oxidation sites excluding steroid dienone is 2. The lowest BCUT2D eigenvalue weighted by atomic mass is 9.83. The van der Waals surface area contributed by atoms with Gasteiger partial charge in [-0.2, -0.15) is 0 Å². The van der Waals surface area contributed by atoms with Gasteiger partial charge in [0.1, 0.15) is 6.61 Å². The quantitative estimate of drug-likeness (QED) is 0.395. The van der Waals surface area contributed by atoms with Gasteiger partial charge < -0.3 is 19.7 Å². The highest BCUT2D eigenvalue weighted by Crippen LogP contribution is 2.27. The Kier molecular flexibility index (Phi) is 6.61. The number of carboxylic acids is 1. The van der Waals surface area contributed by atoms with E-state index in [2.05, 4.69) is 11.3 Å². The van der Waals surface area contributed by atoms with Gasteiger partial charge in [0.05, 0.1) is 18.4 Å². The molecule has 7 nitrogen and oxygen atoms in total. The summed E-state index contributed by atoms with van der Waals surface area (Å²) in [7, 11) is 0. The first kappa shape index (κ1) is 16.9. The number of carbonyl (C=O) groups excluding carboxylic acids is 2. The molecule has 116 valence electrons. The number of esters is 2. The lowest BCUT2D eigenvalue weighted by Crippen LogP contribution is -2.36. The zero-order valence-corrected chi connectivity index (χ0v) is 11.4. The van der Waals surface area contributed by atoms with Crippen molar-refractivity contribution in [1.29, 1.82) is 0 Å². The third-order valence-electron chi connectivity index (χ3n) is 3.12. The molecule has 0 saturated carbocycles. The maximum Gasteiger partial charge on any atom is 0.330 e. The van der Waals surface area contributed by atoms with Crippen molar-refractivity contribution in [3.63, 3.8) is 0 Å². The van der Waals surface area contributed by atoms with Crippen LogP contribution in [0, 0.1) is 11.8 Å². The first-order valence-electron chi connectivity index (χ1n) is 6.48. The SMILES string of the molecule is C=CC(=O)OCC(CO)OC(=O)C1CC=CCC1C(=O)O. The van der Waals surface area contributed by atoms with Crippen molar-refractivity contribution in [2.24, 2.45) is 11.8 Å². The Morgan fingerprint density at radius 3 is 2.43 bits per heavy atom. The largest absolute Gasteiger partial charge is 0.481 e. The fourth-order valence-corrected chi connectivity index (χ4v) is 1.96. The number of aliphatic carboxylic acids is 1. The Bertz CT molecular complexity index is 441. The number of rotatable bonds is 7. The maximum absolute atomic E-state index is 12.0. The third-order valence-corrected chi connectivity index (χ3v) is 3.12. The summed E-state index contributed by atoms with van der Waals surface area (Å²) < 4.78 is 9.70. The summed E-state index contributed by atoms with van der Waals surface area (Å²) in [5.74, 6) is -4.15. The summed E-state index contributed by atoms with van der Waals surface area (Å²) in [6.45, 7) is 2.37. The van der Waals surface area contributed by atoms with Crippen molar-refractivity contribution >= 4 is 17.9 Å². The molecular formula is C14H18O7. The Morgan fingerprint density at radius 2 is 1.90 bits per heavy atom. The summed E-state index contributed by atoms with van der Waals surface area (Å²) >= 11 is 0. The van der Waals surface area contributed by atoms with E-state index in [-0.39, 0.29) is 19.4 Å². The number of hydrogen-bond acceptors (Lipinski definition) is 6. The molecule has 0 heterocycles. The lowest BCUT2D eigenvalue weighted by Gasteiger charge is -2.25. The molecule has 3 unspecified atom stereocenters. The van der Waals surface area contributed by atoms with Gasteiger partial charge in [0, 0.05) is 6.08 Å². The number of aliphatic hydroxyl groups is 1. The number of carbonyl (C=O) groups is 3. The van der Waals surface area contributed by atoms with Gasteiger partial charge in [-0.25, -0.2) is 4.79 Å². The molecule has 0 saturated heterocycles. The van der Waals surface area contributed by atoms with Crippen molar-refractivity contribution in [3.05, 3.63) is 24.8 Å². The predicted molar refractivity (Wildman–Crippen MR) is 71.1 cm³/mol. The van der Waals surface area contributed by atoms with Gasteiger partial charge in [0.2, 0.25) is 0 Å². The second kappa shape index (κ2) is 8.21. The number of ether oxygens (including phenoxy) is 2. The summed E-state index contributed by atoms with van der Waals surface area (Å²) in [6.07, 6.45) is 3.87. The zero-order valence-electron chi connectivity index (χ0n) is 11.4. The second-order valence-corrected chi connectivity index (χ2v) is 4.57. The Balaban J connectivity index is 2.60. The highest BCUT2D eigenvalue weighted by Gasteiger charge is 2.36. The number of hydrogen-bond donors (Lipinski definition) is 2. The molecule has 0 spiro atoms. The van der Waals surface area contributed by atoms with Crippen LogP contribution in [0.4, 0.5) is 0 Å². The molecule has 0 aromatic rings. The predicted octanol–water partition coefficient (Wildman–Crippen LogP) is 0.287. The zero-order chi connectivity index (χ0) is 15.8. The smallest absolute Gasteiger partial charge is 0.330 e. The molecule has 1 aliphatic carbocycles. The standard InChI is InChI=1S/C14H18O7/c1-2-12(16)20-8-9(7-15)21-14(19)11-6-4-3-5-10(11)13(17)18/h2-4,9-11,15H,1,5-8H2,(H,17,18). The Labute approximate surface area is 121 Å². The van der Waals surface area contributed by atoms with E-state index in [4.69, 9.17) is 14.9 Å². The van der Waals surface area contributed by atoms with E-state index in [1.165, 1.54) is 0 Å². The van der Waals surface area contributed by atoms with Crippen LogP contribution in [0.5, 0.6) is 0 Å². The minimum atomic E-state index is -1.07. The van der Waals surface area contributed by atoms with Crippen LogP contribution < -0.4 is 0 Å². The third kappa shape index (κ3) is 5.03. The highest BCUT2D eigenvalue weighted by atomic mass is 16.6. The monoisotopic (exact) mass is 298 g/mol. The van der Waals surface area contributed by atoms with Gasteiger partial charge in [0.15, 0.2) is 6.10 Å². The molecule has 0 aromatic carbocycles. The fraction of sp³-hybridized carbons (Fsp3) is 0.500. The van der Waals surface area contributed by atoms with Gasteiger partial charge in [-0.3, -0.25) is 9.59 Å². The van der Waals surface area contributed by atoms with Crippen LogP contribution in [0.25, 0.3) is 0 Å². The van der Waals surface area contributed by atoms with Crippen molar-refractivity contribution in [2.75, 3.05) is 13.2 Å². The molecule has 3 atom stereocenters. The van der Waals surface area contributed by atoms with E-state index in [0.29, 0.717) is 0 Å². The van der Waals surface area contributed by atoms with Gasteiger partial charge in [-0.05, 0) is 12.8 Å². The second-order valence-electron chi connectivity index (χ2n) is 4.57. The van der Waals surface area contributed by atoms with Crippen molar-refractivity contribution < 1.29 is 34.1 Å². The topological polar surface area (TPSA) is 110 Å². The fourth-order valence-electron chi connectivity index (χ4n) is 1.96. The minimum absolute atomic E-state index is 0.254. The van der Waals surface area contributed by atoms with Crippen molar-refractivity contribution in [3.8, 4) is 0 Å². The van der Waals surface area contributed by atoms with Crippen molar-refractivity contribution in [2.45, 2.75) is 18.9 Å². The van der Waals surface area contributed by atoms with Crippen LogP contribution in [-0.2, 0) is 23.9 Å². The van der Waals surface area contributed by atoms with Gasteiger partial charge in [0.25, 0.3) is 0 Å². The summed E-state index contributed by atoms with van der Waals surface area (Å²) in [6, 6.07) is 0. The lowest BCUT2D eigenvalue weighted by molar-refractivity contribution is -0.168. The van der Waals surface area contributed by atoms with Gasteiger partial charge in [-0.1, -0.05) is 18.7 Å². The van der Waals surface area contributed by atoms with Crippen LogP contribution in [-0.4, -0.2) is 47.4 Å². The summed E-state index contributed by atoms with van der Waals surface area (Å²) in [5, 5.41) is 18.2. The van der Waals surface area contributed by atoms with E-state index in [9.17, 15) is 14.4 Å². The maximum atomic E-state index is 12.0. The van der Waals surface area contributed by atoms with E-state index in [1.807, 2.05) is 0 Å². The van der Waals surface area contributed by atoms with E-state index in [0.717, 1.165) is 6.08 Å². The first-order valence-corrected chi connectivity index (χ1v) is 6.48. The number of aliphatic hydroxyl groups excluding tert-OH is 1. The molecule has 2 N–H and O–H groups in total. The molecule has 0 radical (unpaired) electrons. The first-order chi connectivity index (χ1) is 9.99. The molecule has 0 aromatic heterocycles. The minimum Gasteiger partial charge on any atom is -0.481 e. The van der Waals surface area contributed by atoms with Gasteiger partial charge >= 0.3 is 17.9 Å². The summed E-state index contributed by atoms with van der Waals surface area (Å²) in [4.78, 5) is 34.0.